The molecule has 0 unspecified atom stereocenters. The second-order valence-corrected chi connectivity index (χ2v) is 4.14. The van der Waals surface area contributed by atoms with E-state index in [1.807, 2.05) is 6.26 Å². The summed E-state index contributed by atoms with van der Waals surface area (Å²) in [6.07, 6.45) is 4.66. The number of carbonyl (C=O) groups excluding carboxylic acids is 1. The van der Waals surface area contributed by atoms with Crippen LogP contribution in [0.15, 0.2) is 12.7 Å². The fraction of sp³-hybridized carbons (Fsp3) is 0.600. The van der Waals surface area contributed by atoms with E-state index in [1.54, 1.807) is 17.8 Å². The third kappa shape index (κ3) is 7.17. The lowest BCUT2D eigenvalue weighted by Crippen LogP contribution is -2.46. The maximum Gasteiger partial charge on any atom is 0.326 e. The summed E-state index contributed by atoms with van der Waals surface area (Å²) in [6.45, 7) is 3.98. The second-order valence-electron chi connectivity index (χ2n) is 3.15. The highest BCUT2D eigenvalue weighted by Gasteiger charge is 2.18. The summed E-state index contributed by atoms with van der Waals surface area (Å²) in [6, 6.07) is -1.27. The van der Waals surface area contributed by atoms with Crippen LogP contribution in [-0.2, 0) is 4.79 Å². The lowest BCUT2D eigenvalue weighted by molar-refractivity contribution is -0.139. The first-order chi connectivity index (χ1) is 7.61. The average Bonchev–Trinajstić information content (AvgIpc) is 2.24. The molecule has 0 spiro atoms. The number of aliphatic carboxylic acids is 1. The van der Waals surface area contributed by atoms with Crippen molar-refractivity contribution in [2.75, 3.05) is 18.6 Å². The molecule has 6 heteroatoms. The number of carboxylic acid groups (broad SMARTS) is 1. The highest BCUT2D eigenvalue weighted by Crippen LogP contribution is 2.00. The minimum absolute atomic E-state index is 0.422. The van der Waals surface area contributed by atoms with Crippen molar-refractivity contribution in [3.05, 3.63) is 12.7 Å². The Morgan fingerprint density at radius 1 is 1.56 bits per heavy atom. The molecule has 0 aliphatic carbocycles. The Bertz CT molecular complexity index is 246. The van der Waals surface area contributed by atoms with Crippen molar-refractivity contribution in [3.63, 3.8) is 0 Å². The lowest BCUT2D eigenvalue weighted by Gasteiger charge is -2.14. The first-order valence-corrected chi connectivity index (χ1v) is 6.38. The van der Waals surface area contributed by atoms with Crippen molar-refractivity contribution in [1.29, 1.82) is 0 Å². The molecule has 16 heavy (non-hydrogen) atoms. The summed E-state index contributed by atoms with van der Waals surface area (Å²) < 4.78 is 0. The first kappa shape index (κ1) is 14.8. The van der Waals surface area contributed by atoms with E-state index < -0.39 is 18.0 Å². The SMILES string of the molecule is C=CCCNC(=O)N[C@@H](CCSC)C(=O)O. The molecular formula is C10H18N2O3S. The topological polar surface area (TPSA) is 78.4 Å². The van der Waals surface area contributed by atoms with Crippen LogP contribution in [-0.4, -0.2) is 41.7 Å². The molecule has 0 aliphatic rings. The third-order valence-electron chi connectivity index (χ3n) is 1.85. The minimum Gasteiger partial charge on any atom is -0.480 e. The van der Waals surface area contributed by atoms with Crippen molar-refractivity contribution in [2.45, 2.75) is 18.9 Å². The maximum atomic E-state index is 11.3. The third-order valence-corrected chi connectivity index (χ3v) is 2.49. The maximum absolute atomic E-state index is 11.3. The number of rotatable bonds is 8. The molecule has 0 aromatic carbocycles. The van der Waals surface area contributed by atoms with Crippen LogP contribution in [0.1, 0.15) is 12.8 Å². The summed E-state index contributed by atoms with van der Waals surface area (Å²) in [5.41, 5.74) is 0. The highest BCUT2D eigenvalue weighted by atomic mass is 32.2. The van der Waals surface area contributed by atoms with Crippen LogP contribution in [0.4, 0.5) is 4.79 Å². The van der Waals surface area contributed by atoms with Gasteiger partial charge in [-0.05, 0) is 24.9 Å². The average molecular weight is 246 g/mol. The summed E-state index contributed by atoms with van der Waals surface area (Å²) >= 11 is 1.55. The predicted octanol–water partition coefficient (Wildman–Crippen LogP) is 1.07. The summed E-state index contributed by atoms with van der Waals surface area (Å²) in [5.74, 6) is -0.308. The van der Waals surface area contributed by atoms with E-state index in [9.17, 15) is 9.59 Å². The van der Waals surface area contributed by atoms with Crippen molar-refractivity contribution in [3.8, 4) is 0 Å². The molecule has 0 aromatic heterocycles. The van der Waals surface area contributed by atoms with Crippen molar-refractivity contribution < 1.29 is 14.7 Å². The molecule has 0 heterocycles. The zero-order valence-corrected chi connectivity index (χ0v) is 10.2. The molecule has 0 bridgehead atoms. The molecule has 0 aliphatic heterocycles. The largest absolute Gasteiger partial charge is 0.480 e. The van der Waals surface area contributed by atoms with Gasteiger partial charge in [0.25, 0.3) is 0 Å². The van der Waals surface area contributed by atoms with Crippen LogP contribution in [0.3, 0.4) is 0 Å². The van der Waals surface area contributed by atoms with Gasteiger partial charge in [0.1, 0.15) is 6.04 Å². The first-order valence-electron chi connectivity index (χ1n) is 4.98. The summed E-state index contributed by atoms with van der Waals surface area (Å²) in [5, 5.41) is 13.8. The molecule has 0 saturated carbocycles. The van der Waals surface area contributed by atoms with E-state index >= 15 is 0 Å². The quantitative estimate of drug-likeness (QED) is 0.442. The van der Waals surface area contributed by atoms with Gasteiger partial charge in [0.2, 0.25) is 0 Å². The minimum atomic E-state index is -1.01. The second kappa shape index (κ2) is 9.08. The van der Waals surface area contributed by atoms with Gasteiger partial charge in [-0.3, -0.25) is 0 Å². The molecule has 2 amide bonds. The van der Waals surface area contributed by atoms with Crippen LogP contribution in [0.2, 0.25) is 0 Å². The Hall–Kier alpha value is -1.17. The van der Waals surface area contributed by atoms with E-state index in [0.29, 0.717) is 25.1 Å². The number of carbonyl (C=O) groups is 2. The fourth-order valence-electron chi connectivity index (χ4n) is 0.990. The van der Waals surface area contributed by atoms with E-state index in [2.05, 4.69) is 17.2 Å². The molecule has 0 aromatic rings. The number of thioether (sulfide) groups is 1. The molecule has 0 rings (SSSR count). The van der Waals surface area contributed by atoms with E-state index in [-0.39, 0.29) is 0 Å². The number of hydrogen-bond acceptors (Lipinski definition) is 3. The summed E-state index contributed by atoms with van der Waals surface area (Å²) in [4.78, 5) is 22.1. The highest BCUT2D eigenvalue weighted by molar-refractivity contribution is 7.98. The van der Waals surface area contributed by atoms with Gasteiger partial charge in [0.15, 0.2) is 0 Å². The van der Waals surface area contributed by atoms with Crippen molar-refractivity contribution in [1.82, 2.24) is 10.6 Å². The number of nitrogens with one attached hydrogen (secondary N) is 2. The van der Waals surface area contributed by atoms with Gasteiger partial charge >= 0.3 is 12.0 Å². The van der Waals surface area contributed by atoms with E-state index in [0.717, 1.165) is 0 Å². The standard InChI is InChI=1S/C10H18N2O3S/c1-3-4-6-11-10(15)12-8(9(13)14)5-7-16-2/h3,8H,1,4-7H2,2H3,(H,13,14)(H2,11,12,15)/t8-/m0/s1. The molecule has 1 atom stereocenters. The number of urea groups is 1. The number of carboxylic acids is 1. The van der Waals surface area contributed by atoms with Crippen LogP contribution in [0.25, 0.3) is 0 Å². The van der Waals surface area contributed by atoms with Gasteiger partial charge in [-0.1, -0.05) is 6.08 Å². The van der Waals surface area contributed by atoms with Gasteiger partial charge in [-0.15, -0.1) is 6.58 Å². The Kier molecular flexibility index (Phi) is 8.42. The molecular weight excluding hydrogens is 228 g/mol. The number of hydrogen-bond donors (Lipinski definition) is 3. The molecule has 92 valence electrons. The number of amides is 2. The Morgan fingerprint density at radius 3 is 2.75 bits per heavy atom. The van der Waals surface area contributed by atoms with Crippen LogP contribution in [0, 0.1) is 0 Å². The lowest BCUT2D eigenvalue weighted by atomic mass is 10.2. The van der Waals surface area contributed by atoms with Crippen LogP contribution in [0.5, 0.6) is 0 Å². The Balaban J connectivity index is 3.92. The van der Waals surface area contributed by atoms with Crippen LogP contribution >= 0.6 is 11.8 Å². The smallest absolute Gasteiger partial charge is 0.326 e. The van der Waals surface area contributed by atoms with Gasteiger partial charge < -0.3 is 15.7 Å². The van der Waals surface area contributed by atoms with Gasteiger partial charge in [0, 0.05) is 6.54 Å². The molecule has 0 saturated heterocycles. The zero-order valence-electron chi connectivity index (χ0n) is 9.36. The van der Waals surface area contributed by atoms with Gasteiger partial charge in [0.05, 0.1) is 0 Å². The van der Waals surface area contributed by atoms with Crippen LogP contribution < -0.4 is 10.6 Å². The van der Waals surface area contributed by atoms with Gasteiger partial charge in [-0.25, -0.2) is 9.59 Å². The van der Waals surface area contributed by atoms with E-state index in [1.165, 1.54) is 0 Å². The summed E-state index contributed by atoms with van der Waals surface area (Å²) in [7, 11) is 0. The Labute approximate surface area is 99.7 Å². The van der Waals surface area contributed by atoms with Gasteiger partial charge in [-0.2, -0.15) is 11.8 Å². The fourth-order valence-corrected chi connectivity index (χ4v) is 1.46. The van der Waals surface area contributed by atoms with E-state index in [4.69, 9.17) is 5.11 Å². The molecule has 5 nitrogen and oxygen atoms in total. The molecule has 0 radical (unpaired) electrons. The zero-order chi connectivity index (χ0) is 12.4. The normalized spacial score (nSPS) is 11.6. The molecule has 0 fully saturated rings. The molecule has 3 N–H and O–H groups in total. The predicted molar refractivity (Wildman–Crippen MR) is 65.8 cm³/mol. The Morgan fingerprint density at radius 2 is 2.25 bits per heavy atom. The monoisotopic (exact) mass is 246 g/mol. The van der Waals surface area contributed by atoms with Crippen molar-refractivity contribution in [2.24, 2.45) is 0 Å². The van der Waals surface area contributed by atoms with Crippen molar-refractivity contribution >= 4 is 23.8 Å².